The van der Waals surface area contributed by atoms with E-state index in [0.29, 0.717) is 10.0 Å². The monoisotopic (exact) mass is 241 g/mol. The van der Waals surface area contributed by atoms with E-state index >= 15 is 0 Å². The van der Waals surface area contributed by atoms with Gasteiger partial charge >= 0.3 is 0 Å². The number of halogens is 2. The lowest BCUT2D eigenvalue weighted by Crippen LogP contribution is -2.29. The first-order valence-corrected chi connectivity index (χ1v) is 5.56. The minimum atomic E-state index is 0.0219. The van der Waals surface area contributed by atoms with Gasteiger partial charge in [-0.15, -0.1) is 6.42 Å². The molecule has 1 aromatic rings. The Morgan fingerprint density at radius 2 is 2.20 bits per heavy atom. The van der Waals surface area contributed by atoms with E-state index in [1.54, 1.807) is 6.07 Å². The second kappa shape index (κ2) is 6.02. The lowest BCUT2D eigenvalue weighted by Gasteiger charge is -2.12. The molecular formula is C12H13Cl2N. The molecule has 0 aliphatic carbocycles. The molecule has 15 heavy (non-hydrogen) atoms. The van der Waals surface area contributed by atoms with E-state index in [9.17, 15) is 0 Å². The average molecular weight is 242 g/mol. The van der Waals surface area contributed by atoms with Crippen LogP contribution in [0.4, 0.5) is 0 Å². The predicted molar refractivity (Wildman–Crippen MR) is 66.5 cm³/mol. The van der Waals surface area contributed by atoms with Gasteiger partial charge in [0.05, 0.1) is 6.04 Å². The van der Waals surface area contributed by atoms with Gasteiger partial charge in [0.15, 0.2) is 0 Å². The Morgan fingerprint density at radius 3 is 2.73 bits per heavy atom. The zero-order chi connectivity index (χ0) is 11.3. The third-order valence-electron chi connectivity index (χ3n) is 2.09. The molecule has 1 rings (SSSR count). The molecule has 0 saturated carbocycles. The molecule has 0 amide bonds. The fourth-order valence-corrected chi connectivity index (χ4v) is 1.83. The second-order valence-electron chi connectivity index (χ2n) is 3.22. The number of likely N-dealkylation sites (N-methyl/N-ethyl adjacent to an activating group) is 1. The van der Waals surface area contributed by atoms with Crippen LogP contribution in [-0.2, 0) is 6.42 Å². The maximum absolute atomic E-state index is 6.05. The van der Waals surface area contributed by atoms with Gasteiger partial charge in [-0.1, -0.05) is 42.1 Å². The van der Waals surface area contributed by atoms with Gasteiger partial charge in [0, 0.05) is 16.5 Å². The Bertz CT molecular complexity index is 368. The lowest BCUT2D eigenvalue weighted by atomic mass is 10.1. The molecule has 1 nitrogen and oxygen atoms in total. The largest absolute Gasteiger partial charge is 0.304 e. The lowest BCUT2D eigenvalue weighted by molar-refractivity contribution is 0.628. The molecule has 0 aromatic heterocycles. The van der Waals surface area contributed by atoms with Gasteiger partial charge in [0.2, 0.25) is 0 Å². The van der Waals surface area contributed by atoms with Crippen molar-refractivity contribution in [1.29, 1.82) is 0 Å². The highest BCUT2D eigenvalue weighted by atomic mass is 35.5. The molecule has 1 unspecified atom stereocenters. The van der Waals surface area contributed by atoms with Gasteiger partial charge < -0.3 is 5.32 Å². The molecule has 0 aliphatic heterocycles. The van der Waals surface area contributed by atoms with Gasteiger partial charge in [0.1, 0.15) is 0 Å². The SMILES string of the molecule is C#CC(Cc1ccc(Cl)cc1Cl)NCC. The van der Waals surface area contributed by atoms with E-state index < -0.39 is 0 Å². The molecule has 1 N–H and O–H groups in total. The highest BCUT2D eigenvalue weighted by Gasteiger charge is 2.07. The quantitative estimate of drug-likeness (QED) is 0.800. The van der Waals surface area contributed by atoms with E-state index in [1.807, 2.05) is 19.1 Å². The van der Waals surface area contributed by atoms with Crippen LogP contribution < -0.4 is 5.32 Å². The topological polar surface area (TPSA) is 12.0 Å². The number of hydrogen-bond acceptors (Lipinski definition) is 1. The van der Waals surface area contributed by atoms with Gasteiger partial charge in [-0.25, -0.2) is 0 Å². The summed E-state index contributed by atoms with van der Waals surface area (Å²) in [5.74, 6) is 2.69. The van der Waals surface area contributed by atoms with Crippen molar-refractivity contribution in [3.05, 3.63) is 33.8 Å². The van der Waals surface area contributed by atoms with Crippen molar-refractivity contribution >= 4 is 23.2 Å². The summed E-state index contributed by atoms with van der Waals surface area (Å²) in [5, 5.41) is 4.51. The minimum Gasteiger partial charge on any atom is -0.304 e. The molecule has 1 aromatic carbocycles. The van der Waals surface area contributed by atoms with Gasteiger partial charge in [-0.2, -0.15) is 0 Å². The van der Waals surface area contributed by atoms with Crippen LogP contribution in [0, 0.1) is 12.3 Å². The van der Waals surface area contributed by atoms with Crippen LogP contribution in [-0.4, -0.2) is 12.6 Å². The van der Waals surface area contributed by atoms with Crippen LogP contribution in [0.1, 0.15) is 12.5 Å². The third-order valence-corrected chi connectivity index (χ3v) is 2.68. The van der Waals surface area contributed by atoms with Crippen LogP contribution in [0.2, 0.25) is 10.0 Å². The van der Waals surface area contributed by atoms with Crippen LogP contribution in [0.5, 0.6) is 0 Å². The summed E-state index contributed by atoms with van der Waals surface area (Å²) in [6.07, 6.45) is 6.13. The number of terminal acetylenes is 1. The Kier molecular flexibility index (Phi) is 4.98. The van der Waals surface area contributed by atoms with Gasteiger partial charge in [-0.3, -0.25) is 0 Å². The smallest absolute Gasteiger partial charge is 0.0728 e. The normalized spacial score (nSPS) is 12.1. The first-order chi connectivity index (χ1) is 7.17. The second-order valence-corrected chi connectivity index (χ2v) is 4.06. The highest BCUT2D eigenvalue weighted by molar-refractivity contribution is 6.35. The van der Waals surface area contributed by atoms with Crippen LogP contribution in [0.3, 0.4) is 0 Å². The van der Waals surface area contributed by atoms with Gasteiger partial charge in [-0.05, 0) is 24.2 Å². The van der Waals surface area contributed by atoms with Crippen molar-refractivity contribution in [3.63, 3.8) is 0 Å². The van der Waals surface area contributed by atoms with Crippen molar-refractivity contribution in [2.75, 3.05) is 6.54 Å². The summed E-state index contributed by atoms with van der Waals surface area (Å²) in [6.45, 7) is 2.87. The fraction of sp³-hybridized carbons (Fsp3) is 0.333. The number of benzene rings is 1. The van der Waals surface area contributed by atoms with Crippen molar-refractivity contribution in [3.8, 4) is 12.3 Å². The molecule has 0 bridgehead atoms. The fourth-order valence-electron chi connectivity index (χ4n) is 1.34. The first-order valence-electron chi connectivity index (χ1n) is 4.80. The molecule has 0 radical (unpaired) electrons. The van der Waals surface area contributed by atoms with E-state index in [2.05, 4.69) is 11.2 Å². The van der Waals surface area contributed by atoms with Crippen molar-refractivity contribution < 1.29 is 0 Å². The molecule has 0 aliphatic rings. The molecule has 1 atom stereocenters. The molecule has 0 spiro atoms. The molecule has 0 fully saturated rings. The maximum Gasteiger partial charge on any atom is 0.0728 e. The minimum absolute atomic E-state index is 0.0219. The van der Waals surface area contributed by atoms with Crippen LogP contribution >= 0.6 is 23.2 Å². The zero-order valence-corrected chi connectivity index (χ0v) is 10.1. The first kappa shape index (κ1) is 12.4. The molecule has 80 valence electrons. The molecule has 3 heteroatoms. The number of nitrogens with one attached hydrogen (secondary N) is 1. The Labute approximate surface area is 101 Å². The van der Waals surface area contributed by atoms with Crippen molar-refractivity contribution in [2.45, 2.75) is 19.4 Å². The summed E-state index contributed by atoms with van der Waals surface area (Å²) >= 11 is 11.9. The van der Waals surface area contributed by atoms with Gasteiger partial charge in [0.25, 0.3) is 0 Å². The molecule has 0 heterocycles. The maximum atomic E-state index is 6.05. The average Bonchev–Trinajstić information content (AvgIpc) is 2.21. The predicted octanol–water partition coefficient (Wildman–Crippen LogP) is 3.15. The molecule has 0 saturated heterocycles. The van der Waals surface area contributed by atoms with E-state index in [0.717, 1.165) is 18.5 Å². The summed E-state index contributed by atoms with van der Waals surface area (Å²) in [5.41, 5.74) is 1.02. The Morgan fingerprint density at radius 1 is 1.47 bits per heavy atom. The highest BCUT2D eigenvalue weighted by Crippen LogP contribution is 2.21. The standard InChI is InChI=1S/C12H13Cl2N/c1-3-11(15-4-2)7-9-5-6-10(13)8-12(9)14/h1,5-6,8,11,15H,4,7H2,2H3. The van der Waals surface area contributed by atoms with Crippen molar-refractivity contribution in [1.82, 2.24) is 5.32 Å². The Hall–Kier alpha value is -0.680. The summed E-state index contributed by atoms with van der Waals surface area (Å²) < 4.78 is 0. The third kappa shape index (κ3) is 3.76. The summed E-state index contributed by atoms with van der Waals surface area (Å²) in [7, 11) is 0. The van der Waals surface area contributed by atoms with Crippen molar-refractivity contribution in [2.24, 2.45) is 0 Å². The number of rotatable bonds is 4. The zero-order valence-electron chi connectivity index (χ0n) is 8.56. The number of hydrogen-bond donors (Lipinski definition) is 1. The Balaban J connectivity index is 2.76. The van der Waals surface area contributed by atoms with Crippen LogP contribution in [0.25, 0.3) is 0 Å². The van der Waals surface area contributed by atoms with Crippen LogP contribution in [0.15, 0.2) is 18.2 Å². The van der Waals surface area contributed by atoms with E-state index in [1.165, 1.54) is 0 Å². The van der Waals surface area contributed by atoms with E-state index in [4.69, 9.17) is 29.6 Å². The summed E-state index contributed by atoms with van der Waals surface area (Å²) in [4.78, 5) is 0. The van der Waals surface area contributed by atoms with E-state index in [-0.39, 0.29) is 6.04 Å². The molecular weight excluding hydrogens is 229 g/mol. The summed E-state index contributed by atoms with van der Waals surface area (Å²) in [6, 6.07) is 5.49.